The van der Waals surface area contributed by atoms with Crippen LogP contribution in [0.25, 0.3) is 21.8 Å². The minimum atomic E-state index is -0.517. The summed E-state index contributed by atoms with van der Waals surface area (Å²) in [6.45, 7) is 3.91. The van der Waals surface area contributed by atoms with Crippen LogP contribution in [0.4, 0.5) is 5.69 Å². The lowest BCUT2D eigenvalue weighted by Crippen LogP contribution is -2.33. The minimum absolute atomic E-state index is 0.0373. The largest absolute Gasteiger partial charge is 0.497 e. The maximum absolute atomic E-state index is 12.9. The molecule has 0 aliphatic carbocycles. The molecule has 0 N–H and O–H groups in total. The second kappa shape index (κ2) is 17.9. The number of nitrogens with zero attached hydrogens (tertiary/aromatic N) is 4. The second-order valence-electron chi connectivity index (χ2n) is 10.5. The Labute approximate surface area is 298 Å². The lowest BCUT2D eigenvalue weighted by Gasteiger charge is -2.23. The monoisotopic (exact) mass is 720 g/mol. The Morgan fingerprint density at radius 3 is 2.10 bits per heavy atom. The van der Waals surface area contributed by atoms with Gasteiger partial charge in [0.1, 0.15) is 30.1 Å². The Morgan fingerprint density at radius 1 is 0.824 bits per heavy atom. The number of anilines is 1. The number of benzene rings is 2. The second-order valence-corrected chi connectivity index (χ2v) is 10.8. The molecule has 51 heavy (non-hydrogen) atoms. The first-order chi connectivity index (χ1) is 24.6. The maximum Gasteiger partial charge on any atom is 0.338 e. The third-order valence-electron chi connectivity index (χ3n) is 7.32. The first kappa shape index (κ1) is 38.2. The number of carbonyl (C=O) groups is 3. The standard InChI is InChI=1S/C18H19ClN2O5.C18H18N2O5/c1-4-26-18(23)12-8-13(10-14(9-12)25-3)21(11-24-2)17(22)15-6-5-7-20-16(15)19;1-4-25-18(22)11-8-13-15(14(9-11)24-3)16-12(6-5-7-19-16)17(21)20(13)10-23-2/h5-10H,4,11H2,1-3H3;5-9H,4,10H2,1-3H3. The van der Waals surface area contributed by atoms with Crippen LogP contribution < -0.4 is 19.9 Å². The van der Waals surface area contributed by atoms with Crippen molar-refractivity contribution in [3.05, 3.63) is 99.2 Å². The van der Waals surface area contributed by atoms with E-state index in [0.717, 1.165) is 0 Å². The van der Waals surface area contributed by atoms with E-state index < -0.39 is 17.8 Å². The number of halogens is 1. The van der Waals surface area contributed by atoms with E-state index in [4.69, 9.17) is 40.0 Å². The van der Waals surface area contributed by atoms with Crippen molar-refractivity contribution in [2.45, 2.75) is 20.6 Å². The zero-order valence-electron chi connectivity index (χ0n) is 28.9. The molecule has 0 spiro atoms. The molecule has 0 fully saturated rings. The topological polar surface area (TPSA) is 158 Å². The van der Waals surface area contributed by atoms with Gasteiger partial charge in [0.25, 0.3) is 11.5 Å². The van der Waals surface area contributed by atoms with Crippen molar-refractivity contribution in [2.75, 3.05) is 53.3 Å². The van der Waals surface area contributed by atoms with Crippen LogP contribution in [0.3, 0.4) is 0 Å². The van der Waals surface area contributed by atoms with E-state index in [2.05, 4.69) is 9.97 Å². The highest BCUT2D eigenvalue weighted by atomic mass is 35.5. The van der Waals surface area contributed by atoms with E-state index >= 15 is 0 Å². The van der Waals surface area contributed by atoms with Gasteiger partial charge in [-0.1, -0.05) is 11.6 Å². The van der Waals surface area contributed by atoms with Gasteiger partial charge < -0.3 is 28.4 Å². The minimum Gasteiger partial charge on any atom is -0.497 e. The molecule has 0 unspecified atom stereocenters. The summed E-state index contributed by atoms with van der Waals surface area (Å²) in [7, 11) is 5.93. The van der Waals surface area contributed by atoms with Gasteiger partial charge in [0.05, 0.1) is 71.6 Å². The Hall–Kier alpha value is -5.57. The number of hydrogen-bond acceptors (Lipinski definition) is 12. The summed E-state index contributed by atoms with van der Waals surface area (Å²) in [5, 5.41) is 1.17. The summed E-state index contributed by atoms with van der Waals surface area (Å²) < 4.78 is 32.6. The molecule has 0 bridgehead atoms. The van der Waals surface area contributed by atoms with Crippen molar-refractivity contribution in [2.24, 2.45) is 0 Å². The molecule has 268 valence electrons. The van der Waals surface area contributed by atoms with Gasteiger partial charge in [0, 0.05) is 32.7 Å². The number of fused-ring (bicyclic) bond motifs is 3. The van der Waals surface area contributed by atoms with Crippen molar-refractivity contribution >= 4 is 56.9 Å². The van der Waals surface area contributed by atoms with Crippen molar-refractivity contribution in [3.8, 4) is 11.5 Å². The molecule has 0 saturated carbocycles. The van der Waals surface area contributed by atoms with E-state index in [1.165, 1.54) is 56.2 Å². The highest BCUT2D eigenvalue weighted by molar-refractivity contribution is 6.33. The number of hydrogen-bond donors (Lipinski definition) is 0. The van der Waals surface area contributed by atoms with Crippen LogP contribution in [-0.4, -0.2) is 80.8 Å². The van der Waals surface area contributed by atoms with Gasteiger partial charge in [-0.15, -0.1) is 0 Å². The molecule has 1 amide bonds. The summed E-state index contributed by atoms with van der Waals surface area (Å²) in [5.41, 5.74) is 1.94. The quantitative estimate of drug-likeness (QED) is 0.0690. The first-order valence-corrected chi connectivity index (χ1v) is 15.9. The summed E-state index contributed by atoms with van der Waals surface area (Å²) in [5.74, 6) is -0.587. The van der Waals surface area contributed by atoms with Crippen LogP contribution in [-0.2, 0) is 25.7 Å². The molecule has 2 aromatic carbocycles. The van der Waals surface area contributed by atoms with Gasteiger partial charge in [0.15, 0.2) is 0 Å². The lowest BCUT2D eigenvalue weighted by molar-refractivity contribution is 0.0516. The number of esters is 2. The average Bonchev–Trinajstić information content (AvgIpc) is 3.15. The molecule has 0 aliphatic heterocycles. The van der Waals surface area contributed by atoms with E-state index in [0.29, 0.717) is 44.6 Å². The van der Waals surface area contributed by atoms with Crippen LogP contribution in [0.5, 0.6) is 11.5 Å². The molecule has 5 rings (SSSR count). The molecular formula is C36H37ClN4O10. The van der Waals surface area contributed by atoms with Crippen LogP contribution in [0.1, 0.15) is 44.9 Å². The van der Waals surface area contributed by atoms with Crippen LogP contribution >= 0.6 is 11.6 Å². The number of pyridine rings is 3. The van der Waals surface area contributed by atoms with Crippen molar-refractivity contribution in [1.29, 1.82) is 0 Å². The smallest absolute Gasteiger partial charge is 0.338 e. The molecule has 14 nitrogen and oxygen atoms in total. The predicted molar refractivity (Wildman–Crippen MR) is 190 cm³/mol. The summed E-state index contributed by atoms with van der Waals surface area (Å²) in [6.07, 6.45) is 3.10. The average molecular weight is 721 g/mol. The normalized spacial score (nSPS) is 10.6. The number of amides is 1. The summed E-state index contributed by atoms with van der Waals surface area (Å²) in [4.78, 5) is 59.6. The SMILES string of the molecule is CCOC(=O)c1cc(OC)c2c3ncccc3c(=O)n(COC)c2c1.CCOC(=O)c1cc(OC)cc(N(COC)C(=O)c2cccnc2Cl)c1. The molecule has 5 aromatic rings. The molecule has 0 radical (unpaired) electrons. The Balaban J connectivity index is 0.000000229. The number of rotatable bonds is 12. The highest BCUT2D eigenvalue weighted by Gasteiger charge is 2.23. The molecule has 0 saturated heterocycles. The lowest BCUT2D eigenvalue weighted by atomic mass is 10.1. The fourth-order valence-corrected chi connectivity index (χ4v) is 5.29. The van der Waals surface area contributed by atoms with E-state index in [1.54, 1.807) is 62.5 Å². The summed E-state index contributed by atoms with van der Waals surface area (Å²) in [6, 6.07) is 14.5. The van der Waals surface area contributed by atoms with Crippen molar-refractivity contribution < 1.29 is 42.8 Å². The van der Waals surface area contributed by atoms with Crippen molar-refractivity contribution in [3.63, 3.8) is 0 Å². The molecule has 3 heterocycles. The number of carbonyl (C=O) groups excluding carboxylic acids is 3. The first-order valence-electron chi connectivity index (χ1n) is 15.6. The van der Waals surface area contributed by atoms with Gasteiger partial charge in [-0.25, -0.2) is 14.6 Å². The molecule has 0 aliphatic rings. The van der Waals surface area contributed by atoms with Gasteiger partial charge >= 0.3 is 11.9 Å². The molecule has 15 heteroatoms. The molecule has 0 atom stereocenters. The van der Waals surface area contributed by atoms with Gasteiger partial charge in [-0.2, -0.15) is 0 Å². The zero-order valence-corrected chi connectivity index (χ0v) is 29.7. The van der Waals surface area contributed by atoms with Gasteiger partial charge in [-0.3, -0.25) is 24.0 Å². The van der Waals surface area contributed by atoms with Crippen LogP contribution in [0.15, 0.2) is 71.8 Å². The third kappa shape index (κ3) is 8.60. The van der Waals surface area contributed by atoms with E-state index in [9.17, 15) is 19.2 Å². The predicted octanol–water partition coefficient (Wildman–Crippen LogP) is 5.51. The third-order valence-corrected chi connectivity index (χ3v) is 7.63. The fraction of sp³-hybridized carbons (Fsp3) is 0.278. The Kier molecular flexibility index (Phi) is 13.4. The number of ether oxygens (including phenoxy) is 6. The molecular weight excluding hydrogens is 684 g/mol. The zero-order chi connectivity index (χ0) is 37.1. The van der Waals surface area contributed by atoms with Crippen LogP contribution in [0.2, 0.25) is 5.15 Å². The van der Waals surface area contributed by atoms with Crippen LogP contribution in [0, 0.1) is 0 Å². The van der Waals surface area contributed by atoms with Gasteiger partial charge in [0.2, 0.25) is 0 Å². The fourth-order valence-electron chi connectivity index (χ4n) is 5.09. The van der Waals surface area contributed by atoms with Crippen molar-refractivity contribution in [1.82, 2.24) is 14.5 Å². The number of methoxy groups -OCH3 is 4. The van der Waals surface area contributed by atoms with Gasteiger partial charge in [-0.05, 0) is 62.4 Å². The molecule has 3 aromatic heterocycles. The highest BCUT2D eigenvalue weighted by Crippen LogP contribution is 2.32. The maximum atomic E-state index is 12.9. The Morgan fingerprint density at radius 2 is 1.49 bits per heavy atom. The number of aromatic nitrogens is 3. The van der Waals surface area contributed by atoms with E-state index in [-0.39, 0.29) is 48.5 Å². The Bertz CT molecular complexity index is 2100. The van der Waals surface area contributed by atoms with E-state index in [1.807, 2.05) is 0 Å². The summed E-state index contributed by atoms with van der Waals surface area (Å²) >= 11 is 6.03.